The quantitative estimate of drug-likeness (QED) is 0.784. The van der Waals surface area contributed by atoms with E-state index in [2.05, 4.69) is 5.32 Å². The molecule has 17 heavy (non-hydrogen) atoms. The molecule has 1 heterocycles. The minimum absolute atomic E-state index is 0.162. The molecule has 0 atom stereocenters. The third-order valence-corrected chi connectivity index (χ3v) is 2.64. The summed E-state index contributed by atoms with van der Waals surface area (Å²) in [7, 11) is 0. The van der Waals surface area contributed by atoms with Gasteiger partial charge in [0.15, 0.2) is 0 Å². The Hall–Kier alpha value is -2.53. The Morgan fingerprint density at radius 3 is 2.65 bits per heavy atom. The smallest absolute Gasteiger partial charge is 0.321 e. The van der Waals surface area contributed by atoms with Crippen LogP contribution in [0.25, 0.3) is 0 Å². The van der Waals surface area contributed by atoms with E-state index in [1.165, 1.54) is 0 Å². The van der Waals surface area contributed by atoms with Gasteiger partial charge in [0.25, 0.3) is 0 Å². The fourth-order valence-electron chi connectivity index (χ4n) is 1.77. The molecule has 5 heteroatoms. The summed E-state index contributed by atoms with van der Waals surface area (Å²) in [6.07, 6.45) is 0.869. The van der Waals surface area contributed by atoms with Gasteiger partial charge >= 0.3 is 6.03 Å². The van der Waals surface area contributed by atoms with E-state index in [9.17, 15) is 4.79 Å². The predicted octanol–water partition coefficient (Wildman–Crippen LogP) is 1.35. The highest BCUT2D eigenvalue weighted by molar-refractivity contribution is 5.92. The van der Waals surface area contributed by atoms with Gasteiger partial charge in [-0.1, -0.05) is 0 Å². The van der Waals surface area contributed by atoms with Gasteiger partial charge in [-0.25, -0.2) is 4.79 Å². The van der Waals surface area contributed by atoms with Crippen molar-refractivity contribution >= 4 is 11.7 Å². The van der Waals surface area contributed by atoms with Crippen molar-refractivity contribution in [3.8, 4) is 12.1 Å². The zero-order valence-corrected chi connectivity index (χ0v) is 9.10. The van der Waals surface area contributed by atoms with Crippen LogP contribution in [0, 0.1) is 22.7 Å². The number of nitrogens with zero attached hydrogens (tertiary/aromatic N) is 3. The van der Waals surface area contributed by atoms with Crippen LogP contribution in [-0.2, 0) is 0 Å². The number of carbonyl (C=O) groups excluding carboxylic acids is 1. The zero-order valence-electron chi connectivity index (χ0n) is 9.10. The van der Waals surface area contributed by atoms with Gasteiger partial charge in [-0.05, 0) is 24.6 Å². The molecule has 1 aliphatic heterocycles. The largest absolute Gasteiger partial charge is 0.338 e. The number of nitrogens with one attached hydrogen (secondary N) is 1. The van der Waals surface area contributed by atoms with Crippen LogP contribution in [0.15, 0.2) is 18.2 Å². The van der Waals surface area contributed by atoms with E-state index in [0.717, 1.165) is 6.42 Å². The Kier molecular flexibility index (Phi) is 2.93. The number of anilines is 1. The molecule has 0 saturated carbocycles. The highest BCUT2D eigenvalue weighted by Gasteiger charge is 2.19. The first-order valence-corrected chi connectivity index (χ1v) is 5.26. The molecule has 2 amide bonds. The summed E-state index contributed by atoms with van der Waals surface area (Å²) in [5.74, 6) is 0. The van der Waals surface area contributed by atoms with Crippen molar-refractivity contribution in [3.05, 3.63) is 29.3 Å². The third-order valence-electron chi connectivity index (χ3n) is 2.64. The third kappa shape index (κ3) is 2.04. The Morgan fingerprint density at radius 2 is 2.00 bits per heavy atom. The average molecular weight is 226 g/mol. The topological polar surface area (TPSA) is 79.9 Å². The van der Waals surface area contributed by atoms with Crippen molar-refractivity contribution in [2.75, 3.05) is 18.0 Å². The van der Waals surface area contributed by atoms with Crippen LogP contribution in [0.3, 0.4) is 0 Å². The summed E-state index contributed by atoms with van der Waals surface area (Å²) in [5, 5.41) is 20.5. The van der Waals surface area contributed by atoms with Gasteiger partial charge in [0.1, 0.15) is 12.1 Å². The number of amides is 2. The summed E-state index contributed by atoms with van der Waals surface area (Å²) in [5.41, 5.74) is 1.27. The second kappa shape index (κ2) is 4.54. The molecule has 0 radical (unpaired) electrons. The minimum Gasteiger partial charge on any atom is -0.338 e. The van der Waals surface area contributed by atoms with Crippen LogP contribution in [0.2, 0.25) is 0 Å². The molecule has 0 aliphatic carbocycles. The van der Waals surface area contributed by atoms with Gasteiger partial charge in [0, 0.05) is 18.8 Å². The monoisotopic (exact) mass is 226 g/mol. The molecule has 84 valence electrons. The first-order chi connectivity index (χ1) is 8.26. The van der Waals surface area contributed by atoms with Crippen molar-refractivity contribution in [3.63, 3.8) is 0 Å². The number of hydrogen-bond acceptors (Lipinski definition) is 3. The lowest BCUT2D eigenvalue weighted by molar-refractivity contribution is 0.243. The summed E-state index contributed by atoms with van der Waals surface area (Å²) >= 11 is 0. The van der Waals surface area contributed by atoms with Crippen LogP contribution >= 0.6 is 0 Å². The Labute approximate surface area is 98.9 Å². The standard InChI is InChI=1S/C12H10N4O/c13-7-9-2-3-11(6-10(9)8-14)16-5-1-4-15-12(16)17/h2-3,6H,1,4-5H2,(H,15,17). The number of urea groups is 1. The molecule has 5 nitrogen and oxygen atoms in total. The van der Waals surface area contributed by atoms with Crippen molar-refractivity contribution in [1.82, 2.24) is 5.32 Å². The number of rotatable bonds is 1. The number of carbonyl (C=O) groups is 1. The number of nitriles is 2. The van der Waals surface area contributed by atoms with Crippen LogP contribution in [0.1, 0.15) is 17.5 Å². The summed E-state index contributed by atoms with van der Waals surface area (Å²) in [6.45, 7) is 1.30. The van der Waals surface area contributed by atoms with Crippen molar-refractivity contribution in [1.29, 1.82) is 10.5 Å². The van der Waals surface area contributed by atoms with Crippen LogP contribution < -0.4 is 10.2 Å². The SMILES string of the molecule is N#Cc1ccc(N2CCCNC2=O)cc1C#N. The van der Waals surface area contributed by atoms with Gasteiger partial charge in [-0.2, -0.15) is 10.5 Å². The molecule has 1 saturated heterocycles. The number of hydrogen-bond donors (Lipinski definition) is 1. The average Bonchev–Trinajstić information content (AvgIpc) is 2.38. The lowest BCUT2D eigenvalue weighted by Gasteiger charge is -2.27. The molecule has 0 unspecified atom stereocenters. The number of benzene rings is 1. The summed E-state index contributed by atoms with van der Waals surface area (Å²) in [4.78, 5) is 13.2. The summed E-state index contributed by atoms with van der Waals surface area (Å²) in [6, 6.07) is 8.57. The molecule has 0 spiro atoms. The predicted molar refractivity (Wildman–Crippen MR) is 61.2 cm³/mol. The maximum atomic E-state index is 11.6. The van der Waals surface area contributed by atoms with Crippen LogP contribution in [0.4, 0.5) is 10.5 Å². The molecule has 0 aromatic heterocycles. The fourth-order valence-corrected chi connectivity index (χ4v) is 1.77. The van der Waals surface area contributed by atoms with E-state index >= 15 is 0 Å². The van der Waals surface area contributed by atoms with Gasteiger partial charge in [0.2, 0.25) is 0 Å². The van der Waals surface area contributed by atoms with Gasteiger partial charge in [-0.15, -0.1) is 0 Å². The molecule has 2 rings (SSSR count). The first-order valence-electron chi connectivity index (χ1n) is 5.26. The van der Waals surface area contributed by atoms with E-state index in [-0.39, 0.29) is 6.03 Å². The highest BCUT2D eigenvalue weighted by atomic mass is 16.2. The normalized spacial score (nSPS) is 14.7. The first kappa shape index (κ1) is 11.0. The van der Waals surface area contributed by atoms with E-state index in [0.29, 0.717) is 29.9 Å². The van der Waals surface area contributed by atoms with Gasteiger partial charge in [0.05, 0.1) is 11.1 Å². The lowest BCUT2D eigenvalue weighted by atomic mass is 10.1. The second-order valence-electron chi connectivity index (χ2n) is 3.69. The Bertz CT molecular complexity index is 538. The molecule has 0 bridgehead atoms. The molecule has 1 aromatic rings. The van der Waals surface area contributed by atoms with E-state index < -0.39 is 0 Å². The van der Waals surface area contributed by atoms with E-state index in [1.54, 1.807) is 23.1 Å². The fraction of sp³-hybridized carbons (Fsp3) is 0.250. The Morgan fingerprint density at radius 1 is 1.24 bits per heavy atom. The second-order valence-corrected chi connectivity index (χ2v) is 3.69. The van der Waals surface area contributed by atoms with Gasteiger partial charge < -0.3 is 5.32 Å². The summed E-state index contributed by atoms with van der Waals surface area (Å²) < 4.78 is 0. The molecule has 1 aromatic carbocycles. The van der Waals surface area contributed by atoms with Crippen molar-refractivity contribution < 1.29 is 4.79 Å². The van der Waals surface area contributed by atoms with Crippen LogP contribution in [-0.4, -0.2) is 19.1 Å². The molecule has 1 fully saturated rings. The van der Waals surface area contributed by atoms with E-state index in [1.807, 2.05) is 12.1 Å². The van der Waals surface area contributed by atoms with Crippen molar-refractivity contribution in [2.45, 2.75) is 6.42 Å². The molecule has 1 N–H and O–H groups in total. The zero-order chi connectivity index (χ0) is 12.3. The minimum atomic E-state index is -0.162. The van der Waals surface area contributed by atoms with Gasteiger partial charge in [-0.3, -0.25) is 4.90 Å². The maximum Gasteiger partial charge on any atom is 0.321 e. The van der Waals surface area contributed by atoms with E-state index in [4.69, 9.17) is 10.5 Å². The molecule has 1 aliphatic rings. The molecular formula is C12H10N4O. The van der Waals surface area contributed by atoms with Crippen LogP contribution in [0.5, 0.6) is 0 Å². The molecular weight excluding hydrogens is 216 g/mol. The highest BCUT2D eigenvalue weighted by Crippen LogP contribution is 2.20. The lowest BCUT2D eigenvalue weighted by Crippen LogP contribution is -2.46. The van der Waals surface area contributed by atoms with Crippen molar-refractivity contribution in [2.24, 2.45) is 0 Å². The maximum absolute atomic E-state index is 11.6. The Balaban J connectivity index is 2.37.